The Morgan fingerprint density at radius 2 is 1.75 bits per heavy atom. The van der Waals surface area contributed by atoms with E-state index in [1.54, 1.807) is 0 Å². The minimum absolute atomic E-state index is 0.471. The predicted octanol–water partition coefficient (Wildman–Crippen LogP) is 4.31. The van der Waals surface area contributed by atoms with Gasteiger partial charge in [0.1, 0.15) is 0 Å². The number of rotatable bonds is 6. The fourth-order valence-corrected chi connectivity index (χ4v) is 1.80. The summed E-state index contributed by atoms with van der Waals surface area (Å²) < 4.78 is 11.9. The molecule has 0 saturated carbocycles. The summed E-state index contributed by atoms with van der Waals surface area (Å²) >= 11 is 0.471. The van der Waals surface area contributed by atoms with E-state index in [-0.39, 0.29) is 0 Å². The number of halogens is 1. The van der Waals surface area contributed by atoms with Gasteiger partial charge >= 0.3 is 0 Å². The van der Waals surface area contributed by atoms with Crippen molar-refractivity contribution in [3.05, 3.63) is 0 Å². The number of hydrogen-bond donors (Lipinski definition) is 0. The molecule has 0 heterocycles. The van der Waals surface area contributed by atoms with Gasteiger partial charge in [0.2, 0.25) is 0 Å². The third kappa shape index (κ3) is 5.02. The zero-order valence-corrected chi connectivity index (χ0v) is 9.46. The van der Waals surface area contributed by atoms with Gasteiger partial charge < -0.3 is 0 Å². The molecule has 0 N–H and O–H groups in total. The summed E-state index contributed by atoms with van der Waals surface area (Å²) in [6, 6.07) is 0. The first kappa shape index (κ1) is 12.3. The van der Waals surface area contributed by atoms with Gasteiger partial charge in [-0.15, -0.1) is 0 Å². The largest absolute Gasteiger partial charge is 0.165 e. The van der Waals surface area contributed by atoms with E-state index < -0.39 is 0 Å². The van der Waals surface area contributed by atoms with Gasteiger partial charge in [-0.1, -0.05) is 34.1 Å². The van der Waals surface area contributed by atoms with Crippen molar-refractivity contribution < 1.29 is 3.89 Å². The Kier molecular flexibility index (Phi) is 6.92. The standard InChI is InChI=1S/C10H21FS/c1-5-9(3)10(4)6-8(2)7-12-11/h8-10H,5-7H2,1-4H3. The second-order valence-corrected chi connectivity index (χ2v) is 4.53. The molecule has 0 radical (unpaired) electrons. The van der Waals surface area contributed by atoms with Gasteiger partial charge in [0.25, 0.3) is 0 Å². The molecule has 0 aromatic heterocycles. The molecular formula is C10H21FS. The molecule has 0 aromatic rings. The van der Waals surface area contributed by atoms with E-state index in [1.165, 1.54) is 6.42 Å². The van der Waals surface area contributed by atoms with Gasteiger partial charge in [0, 0.05) is 17.9 Å². The molecule has 0 amide bonds. The quantitative estimate of drug-likeness (QED) is 0.604. The normalized spacial score (nSPS) is 18.8. The first-order valence-electron chi connectivity index (χ1n) is 4.85. The maximum atomic E-state index is 11.9. The van der Waals surface area contributed by atoms with Crippen LogP contribution in [0.25, 0.3) is 0 Å². The molecule has 74 valence electrons. The third-order valence-electron chi connectivity index (χ3n) is 2.74. The van der Waals surface area contributed by atoms with Crippen molar-refractivity contribution in [1.82, 2.24) is 0 Å². The zero-order chi connectivity index (χ0) is 9.56. The van der Waals surface area contributed by atoms with E-state index in [9.17, 15) is 3.89 Å². The van der Waals surface area contributed by atoms with Crippen LogP contribution in [-0.4, -0.2) is 5.75 Å². The minimum atomic E-state index is 0.471. The molecule has 0 aliphatic carbocycles. The molecule has 0 rings (SSSR count). The maximum Gasteiger partial charge on any atom is 0.0445 e. The van der Waals surface area contributed by atoms with Crippen molar-refractivity contribution in [2.24, 2.45) is 17.8 Å². The van der Waals surface area contributed by atoms with E-state index in [0.29, 0.717) is 23.8 Å². The van der Waals surface area contributed by atoms with Gasteiger partial charge in [-0.2, -0.15) is 3.89 Å². The Bertz CT molecular complexity index is 106. The molecule has 2 heteroatoms. The van der Waals surface area contributed by atoms with Crippen LogP contribution >= 0.6 is 12.1 Å². The maximum absolute atomic E-state index is 11.9. The van der Waals surface area contributed by atoms with Crippen molar-refractivity contribution in [2.45, 2.75) is 40.5 Å². The van der Waals surface area contributed by atoms with Gasteiger partial charge in [0.05, 0.1) is 0 Å². The highest BCUT2D eigenvalue weighted by atomic mass is 32.2. The van der Waals surface area contributed by atoms with Crippen molar-refractivity contribution >= 4 is 12.1 Å². The second-order valence-electron chi connectivity index (χ2n) is 3.98. The average Bonchev–Trinajstić information content (AvgIpc) is 2.03. The molecule has 0 nitrogen and oxygen atoms in total. The highest BCUT2D eigenvalue weighted by molar-refractivity contribution is 7.94. The molecular weight excluding hydrogens is 171 g/mol. The van der Waals surface area contributed by atoms with Crippen molar-refractivity contribution in [3.63, 3.8) is 0 Å². The molecule has 0 spiro atoms. The average molecular weight is 192 g/mol. The molecule has 0 aliphatic heterocycles. The van der Waals surface area contributed by atoms with Crippen LogP contribution in [-0.2, 0) is 0 Å². The summed E-state index contributed by atoms with van der Waals surface area (Å²) in [6.45, 7) is 8.90. The molecule has 3 atom stereocenters. The van der Waals surface area contributed by atoms with Crippen LogP contribution in [0.4, 0.5) is 3.89 Å². The van der Waals surface area contributed by atoms with E-state index >= 15 is 0 Å². The van der Waals surface area contributed by atoms with Crippen molar-refractivity contribution in [1.29, 1.82) is 0 Å². The molecule has 0 aromatic carbocycles. The van der Waals surface area contributed by atoms with E-state index in [4.69, 9.17) is 0 Å². The summed E-state index contributed by atoms with van der Waals surface area (Å²) in [7, 11) is 0. The van der Waals surface area contributed by atoms with Crippen LogP contribution in [0.5, 0.6) is 0 Å². The molecule has 0 aliphatic rings. The monoisotopic (exact) mass is 192 g/mol. The lowest BCUT2D eigenvalue weighted by Crippen LogP contribution is -2.12. The summed E-state index contributed by atoms with van der Waals surface area (Å²) in [6.07, 6.45) is 2.39. The lowest BCUT2D eigenvalue weighted by atomic mass is 9.87. The van der Waals surface area contributed by atoms with Crippen molar-refractivity contribution in [3.8, 4) is 0 Å². The zero-order valence-electron chi connectivity index (χ0n) is 8.64. The Balaban J connectivity index is 3.59. The van der Waals surface area contributed by atoms with Crippen molar-refractivity contribution in [2.75, 3.05) is 5.75 Å². The van der Waals surface area contributed by atoms with Gasteiger partial charge in [-0.3, -0.25) is 0 Å². The van der Waals surface area contributed by atoms with Gasteiger partial charge in [0.15, 0.2) is 0 Å². The Morgan fingerprint density at radius 3 is 2.17 bits per heavy atom. The lowest BCUT2D eigenvalue weighted by Gasteiger charge is -2.21. The second kappa shape index (κ2) is 6.76. The highest BCUT2D eigenvalue weighted by Crippen LogP contribution is 2.24. The van der Waals surface area contributed by atoms with E-state index in [2.05, 4.69) is 27.7 Å². The molecule has 3 unspecified atom stereocenters. The first-order chi connectivity index (χ1) is 5.61. The van der Waals surface area contributed by atoms with Crippen LogP contribution in [0.3, 0.4) is 0 Å². The SMILES string of the molecule is CCC(C)C(C)CC(C)CSF. The van der Waals surface area contributed by atoms with Crippen LogP contribution in [0, 0.1) is 17.8 Å². The first-order valence-corrected chi connectivity index (χ1v) is 5.73. The Hall–Kier alpha value is 0.280. The fraction of sp³-hybridized carbons (Fsp3) is 1.00. The smallest absolute Gasteiger partial charge is 0.0445 e. The minimum Gasteiger partial charge on any atom is -0.165 e. The topological polar surface area (TPSA) is 0 Å². The molecule has 0 saturated heterocycles. The van der Waals surface area contributed by atoms with Gasteiger partial charge in [-0.05, 0) is 24.2 Å². The molecule has 0 bridgehead atoms. The number of hydrogen-bond acceptors (Lipinski definition) is 1. The summed E-state index contributed by atoms with van der Waals surface area (Å²) in [5.41, 5.74) is 0. The molecule has 0 fully saturated rings. The highest BCUT2D eigenvalue weighted by Gasteiger charge is 2.13. The molecule has 12 heavy (non-hydrogen) atoms. The summed E-state index contributed by atoms with van der Waals surface area (Å²) in [5, 5.41) is 0. The fourth-order valence-electron chi connectivity index (χ4n) is 1.44. The van der Waals surface area contributed by atoms with Crippen LogP contribution in [0.15, 0.2) is 0 Å². The Morgan fingerprint density at radius 1 is 1.17 bits per heavy atom. The van der Waals surface area contributed by atoms with Gasteiger partial charge in [-0.25, -0.2) is 0 Å². The predicted molar refractivity (Wildman–Crippen MR) is 56.0 cm³/mol. The Labute approximate surface area is 80.6 Å². The third-order valence-corrected chi connectivity index (χ3v) is 3.43. The summed E-state index contributed by atoms with van der Waals surface area (Å²) in [5.74, 6) is 2.68. The van der Waals surface area contributed by atoms with Crippen LogP contribution in [0.1, 0.15) is 40.5 Å². The van der Waals surface area contributed by atoms with Crippen LogP contribution in [0.2, 0.25) is 0 Å². The summed E-state index contributed by atoms with van der Waals surface area (Å²) in [4.78, 5) is 0. The van der Waals surface area contributed by atoms with E-state index in [1.807, 2.05) is 0 Å². The lowest BCUT2D eigenvalue weighted by molar-refractivity contribution is 0.318. The van der Waals surface area contributed by atoms with Crippen LogP contribution < -0.4 is 0 Å². The van der Waals surface area contributed by atoms with E-state index in [0.717, 1.165) is 18.3 Å².